The molecule has 0 aromatic carbocycles. The van der Waals surface area contributed by atoms with Gasteiger partial charge in [0.05, 0.1) is 11.4 Å². The van der Waals surface area contributed by atoms with Gasteiger partial charge in [-0.15, -0.1) is 16.4 Å². The largest absolute Gasteiger partial charge is 0.465 e. The van der Waals surface area contributed by atoms with Gasteiger partial charge in [-0.25, -0.2) is 0 Å². The summed E-state index contributed by atoms with van der Waals surface area (Å²) in [6, 6.07) is 8.12. The smallest absolute Gasteiger partial charge is 0.316 e. The number of hydrogen-bond donors (Lipinski definition) is 1. The predicted molar refractivity (Wildman–Crippen MR) is 68.4 cm³/mol. The van der Waals surface area contributed by atoms with Gasteiger partial charge >= 0.3 is 6.01 Å². The van der Waals surface area contributed by atoms with E-state index < -0.39 is 0 Å². The van der Waals surface area contributed by atoms with Crippen LogP contribution in [0.2, 0.25) is 0 Å². The lowest BCUT2D eigenvalue weighted by molar-refractivity contribution is 0.486. The molecular formula is C12H11N3O2S. The second kappa shape index (κ2) is 4.66. The van der Waals surface area contributed by atoms with Crippen LogP contribution in [-0.2, 0) is 6.54 Å². The molecule has 0 fully saturated rings. The number of thiophene rings is 1. The van der Waals surface area contributed by atoms with Crippen LogP contribution < -0.4 is 5.32 Å². The first kappa shape index (κ1) is 11.0. The fourth-order valence-electron chi connectivity index (χ4n) is 1.54. The zero-order chi connectivity index (χ0) is 12.4. The van der Waals surface area contributed by atoms with E-state index in [0.29, 0.717) is 18.5 Å². The minimum atomic E-state index is 0.396. The van der Waals surface area contributed by atoms with Crippen LogP contribution >= 0.6 is 11.3 Å². The zero-order valence-corrected chi connectivity index (χ0v) is 10.5. The normalized spacial score (nSPS) is 10.7. The van der Waals surface area contributed by atoms with Gasteiger partial charge in [-0.1, -0.05) is 11.2 Å². The summed E-state index contributed by atoms with van der Waals surface area (Å²) in [6.07, 6.45) is 0. The van der Waals surface area contributed by atoms with Gasteiger partial charge in [0.2, 0.25) is 0 Å². The molecule has 0 atom stereocenters. The van der Waals surface area contributed by atoms with Crippen LogP contribution in [0.15, 0.2) is 38.5 Å². The van der Waals surface area contributed by atoms with Crippen molar-refractivity contribution < 1.29 is 8.83 Å². The van der Waals surface area contributed by atoms with Gasteiger partial charge in [-0.3, -0.25) is 0 Å². The average molecular weight is 261 g/mol. The Labute approximate surface area is 107 Å². The Morgan fingerprint density at radius 3 is 2.89 bits per heavy atom. The molecule has 0 unspecified atom stereocenters. The van der Waals surface area contributed by atoms with E-state index in [9.17, 15) is 0 Å². The van der Waals surface area contributed by atoms with E-state index in [4.69, 9.17) is 8.83 Å². The highest BCUT2D eigenvalue weighted by Crippen LogP contribution is 2.24. The van der Waals surface area contributed by atoms with Gasteiger partial charge in [-0.2, -0.15) is 0 Å². The highest BCUT2D eigenvalue weighted by Gasteiger charge is 2.09. The van der Waals surface area contributed by atoms with E-state index in [1.807, 2.05) is 36.6 Å². The maximum atomic E-state index is 5.49. The monoisotopic (exact) mass is 261 g/mol. The molecule has 3 aromatic heterocycles. The van der Waals surface area contributed by atoms with Crippen molar-refractivity contribution in [3.05, 3.63) is 41.2 Å². The Morgan fingerprint density at radius 1 is 1.22 bits per heavy atom. The van der Waals surface area contributed by atoms with Gasteiger partial charge in [0.25, 0.3) is 5.89 Å². The summed E-state index contributed by atoms with van der Waals surface area (Å²) in [6.45, 7) is 2.44. The third-order valence-electron chi connectivity index (χ3n) is 2.37. The molecule has 0 aliphatic heterocycles. The Balaban J connectivity index is 1.67. The molecule has 0 aliphatic carbocycles. The van der Waals surface area contributed by atoms with Crippen molar-refractivity contribution in [3.63, 3.8) is 0 Å². The highest BCUT2D eigenvalue weighted by molar-refractivity contribution is 7.13. The summed E-state index contributed by atoms with van der Waals surface area (Å²) in [5.41, 5.74) is 0. The number of furan rings is 1. The standard InChI is InChI=1S/C12H11N3O2S/c1-8-4-5-9(16-8)7-13-12-15-14-11(17-12)10-3-2-6-18-10/h2-6H,7H2,1H3,(H,13,15). The molecule has 5 nitrogen and oxygen atoms in total. The van der Waals surface area contributed by atoms with Crippen LogP contribution in [0.5, 0.6) is 0 Å². The van der Waals surface area contributed by atoms with Crippen LogP contribution in [0.25, 0.3) is 10.8 Å². The summed E-state index contributed by atoms with van der Waals surface area (Å²) >= 11 is 1.56. The number of hydrogen-bond acceptors (Lipinski definition) is 6. The maximum Gasteiger partial charge on any atom is 0.316 e. The Kier molecular flexibility index (Phi) is 2.85. The first-order valence-electron chi connectivity index (χ1n) is 5.48. The average Bonchev–Trinajstić information content (AvgIpc) is 3.07. The van der Waals surface area contributed by atoms with Crippen molar-refractivity contribution in [1.82, 2.24) is 10.2 Å². The topological polar surface area (TPSA) is 64.1 Å². The minimum Gasteiger partial charge on any atom is -0.465 e. The van der Waals surface area contributed by atoms with Crippen molar-refractivity contribution in [1.29, 1.82) is 0 Å². The second-order valence-corrected chi connectivity index (χ2v) is 4.70. The molecule has 3 heterocycles. The summed E-state index contributed by atoms with van der Waals surface area (Å²) in [5.74, 6) is 2.25. The van der Waals surface area contributed by atoms with Crippen molar-refractivity contribution >= 4 is 17.4 Å². The fourth-order valence-corrected chi connectivity index (χ4v) is 2.18. The molecule has 92 valence electrons. The number of nitrogens with zero attached hydrogens (tertiary/aromatic N) is 2. The maximum absolute atomic E-state index is 5.49. The molecule has 3 rings (SSSR count). The van der Waals surface area contributed by atoms with Crippen molar-refractivity contribution in [3.8, 4) is 10.8 Å². The van der Waals surface area contributed by atoms with E-state index in [-0.39, 0.29) is 0 Å². The number of nitrogens with one attached hydrogen (secondary N) is 1. The number of anilines is 1. The SMILES string of the molecule is Cc1ccc(CNc2nnc(-c3cccs3)o2)o1. The summed E-state index contributed by atoms with van der Waals surface area (Å²) in [7, 11) is 0. The number of aromatic nitrogens is 2. The first-order chi connectivity index (χ1) is 8.81. The molecule has 0 radical (unpaired) electrons. The molecule has 0 saturated carbocycles. The van der Waals surface area contributed by atoms with Crippen LogP contribution in [0.1, 0.15) is 11.5 Å². The third kappa shape index (κ3) is 2.28. The van der Waals surface area contributed by atoms with Gasteiger partial charge in [-0.05, 0) is 30.5 Å². The minimum absolute atomic E-state index is 0.396. The molecule has 18 heavy (non-hydrogen) atoms. The Hall–Kier alpha value is -2.08. The predicted octanol–water partition coefficient (Wildman–Crippen LogP) is 3.31. The Bertz CT molecular complexity index is 627. The molecule has 1 N–H and O–H groups in total. The van der Waals surface area contributed by atoms with E-state index in [1.54, 1.807) is 11.3 Å². The van der Waals surface area contributed by atoms with E-state index in [0.717, 1.165) is 16.4 Å². The van der Waals surface area contributed by atoms with Crippen molar-refractivity contribution in [2.75, 3.05) is 5.32 Å². The highest BCUT2D eigenvalue weighted by atomic mass is 32.1. The summed E-state index contributed by atoms with van der Waals surface area (Å²) < 4.78 is 10.9. The molecule has 0 saturated heterocycles. The number of rotatable bonds is 4. The van der Waals surface area contributed by atoms with E-state index >= 15 is 0 Å². The molecule has 0 spiro atoms. The van der Waals surface area contributed by atoms with Gasteiger partial charge < -0.3 is 14.2 Å². The van der Waals surface area contributed by atoms with Gasteiger partial charge in [0, 0.05) is 0 Å². The molecule has 3 aromatic rings. The zero-order valence-electron chi connectivity index (χ0n) is 9.71. The molecule has 0 amide bonds. The quantitative estimate of drug-likeness (QED) is 0.780. The third-order valence-corrected chi connectivity index (χ3v) is 3.22. The van der Waals surface area contributed by atoms with Crippen LogP contribution in [0.3, 0.4) is 0 Å². The van der Waals surface area contributed by atoms with Crippen molar-refractivity contribution in [2.24, 2.45) is 0 Å². The van der Waals surface area contributed by atoms with Crippen LogP contribution in [0.4, 0.5) is 6.01 Å². The molecule has 0 bridgehead atoms. The molecule has 6 heteroatoms. The molecule has 0 aliphatic rings. The van der Waals surface area contributed by atoms with Gasteiger partial charge in [0.1, 0.15) is 11.5 Å². The summed E-state index contributed by atoms with van der Waals surface area (Å²) in [4.78, 5) is 0.962. The lowest BCUT2D eigenvalue weighted by atomic mass is 10.4. The molecular weight excluding hydrogens is 250 g/mol. The lowest BCUT2D eigenvalue weighted by Gasteiger charge is -1.96. The summed E-state index contributed by atoms with van der Waals surface area (Å²) in [5, 5.41) is 12.9. The first-order valence-corrected chi connectivity index (χ1v) is 6.36. The lowest BCUT2D eigenvalue weighted by Crippen LogP contribution is -1.97. The van der Waals surface area contributed by atoms with E-state index in [2.05, 4.69) is 15.5 Å². The fraction of sp³-hybridized carbons (Fsp3) is 0.167. The van der Waals surface area contributed by atoms with Crippen LogP contribution in [0, 0.1) is 6.92 Å². The van der Waals surface area contributed by atoms with Gasteiger partial charge in [0.15, 0.2) is 0 Å². The van der Waals surface area contributed by atoms with Crippen LogP contribution in [-0.4, -0.2) is 10.2 Å². The number of aryl methyl sites for hydroxylation is 1. The van der Waals surface area contributed by atoms with Crippen molar-refractivity contribution in [2.45, 2.75) is 13.5 Å². The Morgan fingerprint density at radius 2 is 2.17 bits per heavy atom. The second-order valence-electron chi connectivity index (χ2n) is 3.76. The van der Waals surface area contributed by atoms with E-state index in [1.165, 1.54) is 0 Å².